The molecule has 0 aliphatic rings. The molecule has 0 aromatic heterocycles. The predicted octanol–water partition coefficient (Wildman–Crippen LogP) is 12.1. The highest BCUT2D eigenvalue weighted by atomic mass is 19.4. The van der Waals surface area contributed by atoms with Gasteiger partial charge in [-0.25, -0.2) is 0 Å². The van der Waals surface area contributed by atoms with E-state index in [9.17, 15) is 96.6 Å². The quantitative estimate of drug-likeness (QED) is 0.0626. The van der Waals surface area contributed by atoms with Gasteiger partial charge in [-0.1, -0.05) is 51.5 Å². The molecule has 0 aliphatic heterocycles. The van der Waals surface area contributed by atoms with Crippen LogP contribution in [0.5, 0.6) is 0 Å². The first-order valence-electron chi connectivity index (χ1n) is 12.9. The van der Waals surface area contributed by atoms with Crippen LogP contribution in [0.25, 0.3) is 0 Å². The van der Waals surface area contributed by atoms with Crippen molar-refractivity contribution in [3.63, 3.8) is 0 Å². The normalized spacial score (nSPS) is 15.8. The van der Waals surface area contributed by atoms with Crippen molar-refractivity contribution in [3.8, 4) is 0 Å². The minimum Gasteiger partial charge on any atom is -0.200 e. The third-order valence-electron chi connectivity index (χ3n) is 6.83. The molecule has 0 aromatic rings. The summed E-state index contributed by atoms with van der Waals surface area (Å²) in [5.41, 5.74) is 0. The molecule has 0 heterocycles. The number of allylic oxidation sites excluding steroid dienone is 1. The number of hydrogen-bond acceptors (Lipinski definition) is 0. The van der Waals surface area contributed by atoms with Crippen LogP contribution in [-0.2, 0) is 0 Å². The van der Waals surface area contributed by atoms with E-state index in [4.69, 9.17) is 0 Å². The molecule has 46 heavy (non-hydrogen) atoms. The fourth-order valence-electron chi connectivity index (χ4n) is 3.74. The van der Waals surface area contributed by atoms with Crippen LogP contribution in [0.1, 0.15) is 71.1 Å². The van der Waals surface area contributed by atoms with Gasteiger partial charge in [-0.15, -0.1) is 6.58 Å². The largest absolute Gasteiger partial charge is 0.385 e. The molecule has 0 atom stereocenters. The summed E-state index contributed by atoms with van der Waals surface area (Å²) in [6.07, 6.45) is -6.32. The van der Waals surface area contributed by atoms with Crippen molar-refractivity contribution in [2.45, 2.75) is 136 Å². The van der Waals surface area contributed by atoms with Crippen LogP contribution in [0.4, 0.5) is 96.6 Å². The molecule has 0 aromatic carbocycles. The van der Waals surface area contributed by atoms with Gasteiger partial charge in [-0.2, -0.15) is 96.6 Å². The van der Waals surface area contributed by atoms with Crippen molar-refractivity contribution in [3.05, 3.63) is 12.7 Å². The molecule has 0 unspecified atom stereocenters. The number of halogens is 22. The first-order chi connectivity index (χ1) is 20.1. The molecule has 0 rings (SSSR count). The standard InChI is InChI=1S/C24H26F22/c1-3-5-7-8-9-10-11-13-15(27,28)17(31,32)19(35,36)21(39,40)23(43,44)24(45,46)22(41,42)20(37,38)18(33,34)16(29,30)14(25,26)12-6-4-2/h4H,2-3,5-13H2,1H3. The van der Waals surface area contributed by atoms with Crippen LogP contribution in [0.15, 0.2) is 12.7 Å². The second kappa shape index (κ2) is 13.6. The highest BCUT2D eigenvalue weighted by Gasteiger charge is 2.98. The van der Waals surface area contributed by atoms with Gasteiger partial charge < -0.3 is 0 Å². The number of unbranched alkanes of at least 4 members (excludes halogenated alkanes) is 6. The van der Waals surface area contributed by atoms with Gasteiger partial charge in [0.2, 0.25) is 0 Å². The molecule has 0 saturated carbocycles. The summed E-state index contributed by atoms with van der Waals surface area (Å²) in [7, 11) is 0. The maximum atomic E-state index is 14.0. The Morgan fingerprint density at radius 3 is 0.870 bits per heavy atom. The van der Waals surface area contributed by atoms with Crippen molar-refractivity contribution < 1.29 is 96.6 Å². The predicted molar refractivity (Wildman–Crippen MR) is 116 cm³/mol. The molecular weight excluding hydrogens is 706 g/mol. The lowest BCUT2D eigenvalue weighted by Crippen LogP contribution is -2.77. The minimum absolute atomic E-state index is 0.0499. The zero-order chi connectivity index (χ0) is 37.3. The summed E-state index contributed by atoms with van der Waals surface area (Å²) in [6, 6.07) is 0. The van der Waals surface area contributed by atoms with Crippen LogP contribution in [0.3, 0.4) is 0 Å². The average Bonchev–Trinajstić information content (AvgIpc) is 2.90. The zero-order valence-electron chi connectivity index (χ0n) is 23.2. The van der Waals surface area contributed by atoms with Crippen molar-refractivity contribution >= 4 is 0 Å². The Labute approximate surface area is 246 Å². The Morgan fingerprint density at radius 2 is 0.587 bits per heavy atom. The van der Waals surface area contributed by atoms with Crippen LogP contribution in [0.2, 0.25) is 0 Å². The van der Waals surface area contributed by atoms with Crippen molar-refractivity contribution in [2.75, 3.05) is 0 Å². The molecular formula is C24H26F22. The van der Waals surface area contributed by atoms with E-state index in [0.717, 1.165) is 0 Å². The summed E-state index contributed by atoms with van der Waals surface area (Å²) in [5, 5.41) is 0. The minimum atomic E-state index is -9.25. The van der Waals surface area contributed by atoms with E-state index < -0.39 is 97.3 Å². The van der Waals surface area contributed by atoms with Gasteiger partial charge in [0.15, 0.2) is 0 Å². The highest BCUT2D eigenvalue weighted by molar-refractivity contribution is 5.19. The Kier molecular flexibility index (Phi) is 13.1. The van der Waals surface area contributed by atoms with Crippen molar-refractivity contribution in [1.82, 2.24) is 0 Å². The van der Waals surface area contributed by atoms with Crippen LogP contribution in [-0.4, -0.2) is 65.1 Å². The zero-order valence-corrected chi connectivity index (χ0v) is 23.2. The molecule has 0 amide bonds. The van der Waals surface area contributed by atoms with Gasteiger partial charge in [0.05, 0.1) is 0 Å². The van der Waals surface area contributed by atoms with E-state index in [0.29, 0.717) is 19.3 Å². The third kappa shape index (κ3) is 6.73. The maximum Gasteiger partial charge on any atom is 0.385 e. The second-order valence-corrected chi connectivity index (χ2v) is 10.3. The van der Waals surface area contributed by atoms with Crippen LogP contribution in [0, 0.1) is 0 Å². The molecule has 0 fully saturated rings. The number of rotatable bonds is 21. The van der Waals surface area contributed by atoms with Crippen LogP contribution < -0.4 is 0 Å². The Hall–Kier alpha value is -1.80. The van der Waals surface area contributed by atoms with Crippen molar-refractivity contribution in [1.29, 1.82) is 0 Å². The lowest BCUT2D eigenvalue weighted by molar-refractivity contribution is -0.474. The summed E-state index contributed by atoms with van der Waals surface area (Å²) in [4.78, 5) is 0. The van der Waals surface area contributed by atoms with E-state index in [1.807, 2.05) is 0 Å². The Morgan fingerprint density at radius 1 is 0.348 bits per heavy atom. The van der Waals surface area contributed by atoms with E-state index in [1.54, 1.807) is 6.92 Å². The lowest BCUT2D eigenvalue weighted by Gasteiger charge is -2.45. The maximum absolute atomic E-state index is 14.0. The highest BCUT2D eigenvalue weighted by Crippen LogP contribution is 2.67. The van der Waals surface area contributed by atoms with Gasteiger partial charge >= 0.3 is 65.1 Å². The van der Waals surface area contributed by atoms with E-state index in [1.165, 1.54) is 0 Å². The van der Waals surface area contributed by atoms with Gasteiger partial charge in [0.25, 0.3) is 0 Å². The van der Waals surface area contributed by atoms with Crippen molar-refractivity contribution in [2.24, 2.45) is 0 Å². The summed E-state index contributed by atoms with van der Waals surface area (Å²) >= 11 is 0. The SMILES string of the molecule is C=CCCC(F)(F)C(F)(F)C(F)(F)C(F)(F)C(F)(F)C(F)(F)C(F)(F)C(F)(F)C(F)(F)C(F)(F)C(F)(F)CCCCCCCCC. The molecule has 0 spiro atoms. The summed E-state index contributed by atoms with van der Waals surface area (Å²) < 4.78 is 305. The molecule has 0 radical (unpaired) electrons. The molecule has 0 N–H and O–H groups in total. The smallest absolute Gasteiger partial charge is 0.200 e. The van der Waals surface area contributed by atoms with Gasteiger partial charge in [-0.3, -0.25) is 0 Å². The molecule has 22 heteroatoms. The fraction of sp³-hybridized carbons (Fsp3) is 0.917. The van der Waals surface area contributed by atoms with Gasteiger partial charge in [-0.05, 0) is 12.8 Å². The topological polar surface area (TPSA) is 0 Å². The Balaban J connectivity index is 6.75. The first-order valence-corrected chi connectivity index (χ1v) is 12.9. The van der Waals surface area contributed by atoms with E-state index in [-0.39, 0.29) is 18.9 Å². The number of hydrogen-bond donors (Lipinski definition) is 0. The average molecular weight is 732 g/mol. The molecule has 276 valence electrons. The lowest BCUT2D eigenvalue weighted by atomic mass is 9.84. The molecule has 0 aliphatic carbocycles. The fourth-order valence-corrected chi connectivity index (χ4v) is 3.74. The van der Waals surface area contributed by atoms with E-state index >= 15 is 0 Å². The first kappa shape index (κ1) is 44.2. The summed E-state index contributed by atoms with van der Waals surface area (Å²) in [6.45, 7) is 4.34. The summed E-state index contributed by atoms with van der Waals surface area (Å²) in [5.74, 6) is -91.7. The Bertz CT molecular complexity index is 996. The van der Waals surface area contributed by atoms with Crippen LogP contribution >= 0.6 is 0 Å². The molecule has 0 bridgehead atoms. The van der Waals surface area contributed by atoms with Gasteiger partial charge in [0.1, 0.15) is 0 Å². The van der Waals surface area contributed by atoms with Gasteiger partial charge in [0, 0.05) is 12.8 Å². The molecule has 0 saturated heterocycles. The monoisotopic (exact) mass is 732 g/mol. The second-order valence-electron chi connectivity index (χ2n) is 10.3. The third-order valence-corrected chi connectivity index (χ3v) is 6.83. The van der Waals surface area contributed by atoms with E-state index in [2.05, 4.69) is 6.58 Å². The molecule has 0 nitrogen and oxygen atoms in total. The number of alkyl halides is 22.